The van der Waals surface area contributed by atoms with E-state index in [1.54, 1.807) is 35.3 Å². The van der Waals surface area contributed by atoms with Crippen LogP contribution in [0.4, 0.5) is 0 Å². The van der Waals surface area contributed by atoms with Crippen LogP contribution in [0.25, 0.3) is 0 Å². The summed E-state index contributed by atoms with van der Waals surface area (Å²) in [6, 6.07) is 5.31. The van der Waals surface area contributed by atoms with Crippen LogP contribution in [0.1, 0.15) is 29.3 Å². The Morgan fingerprint density at radius 3 is 3.00 bits per heavy atom. The zero-order valence-corrected chi connectivity index (χ0v) is 12.2. The molecular formula is C13H12BrClN2O. The van der Waals surface area contributed by atoms with Crippen molar-refractivity contribution in [3.63, 3.8) is 0 Å². The highest BCUT2D eigenvalue weighted by atomic mass is 79.9. The molecule has 2 aromatic rings. The summed E-state index contributed by atoms with van der Waals surface area (Å²) < 4.78 is 2.48. The van der Waals surface area contributed by atoms with Gasteiger partial charge in [-0.2, -0.15) is 5.10 Å². The molecular weight excluding hydrogens is 316 g/mol. The Bertz CT molecular complexity index is 580. The molecule has 0 aliphatic heterocycles. The summed E-state index contributed by atoms with van der Waals surface area (Å²) in [4.78, 5) is 12.3. The van der Waals surface area contributed by atoms with Crippen LogP contribution in [0.3, 0.4) is 0 Å². The van der Waals surface area contributed by atoms with Crippen LogP contribution >= 0.6 is 27.5 Å². The van der Waals surface area contributed by atoms with Crippen LogP contribution in [0, 0.1) is 0 Å². The van der Waals surface area contributed by atoms with Crippen molar-refractivity contribution < 1.29 is 4.79 Å². The highest BCUT2D eigenvalue weighted by molar-refractivity contribution is 9.10. The number of ketones is 1. The predicted octanol–water partition coefficient (Wildman–Crippen LogP) is 3.94. The number of carbonyl (C=O) groups is 1. The highest BCUT2D eigenvalue weighted by Gasteiger charge is 2.15. The van der Waals surface area contributed by atoms with E-state index >= 15 is 0 Å². The Morgan fingerprint density at radius 1 is 1.50 bits per heavy atom. The van der Waals surface area contributed by atoms with Crippen molar-refractivity contribution in [2.24, 2.45) is 0 Å². The first-order valence-corrected chi connectivity index (χ1v) is 6.81. The SMILES string of the molecule is CCCn1cc(C(=O)c2cccc(Br)c2Cl)cn1. The summed E-state index contributed by atoms with van der Waals surface area (Å²) in [5.41, 5.74) is 1.05. The molecule has 0 amide bonds. The number of benzene rings is 1. The number of hydrogen-bond donors (Lipinski definition) is 0. The molecule has 18 heavy (non-hydrogen) atoms. The Labute approximate surface area is 119 Å². The molecule has 2 rings (SSSR count). The molecule has 5 heteroatoms. The van der Waals surface area contributed by atoms with E-state index in [9.17, 15) is 4.79 Å². The van der Waals surface area contributed by atoms with E-state index < -0.39 is 0 Å². The Hall–Kier alpha value is -1.13. The van der Waals surface area contributed by atoms with Crippen LogP contribution in [0.5, 0.6) is 0 Å². The molecule has 0 spiro atoms. The molecule has 1 heterocycles. The van der Waals surface area contributed by atoms with Gasteiger partial charge in [-0.05, 0) is 34.5 Å². The van der Waals surface area contributed by atoms with Crippen LogP contribution in [-0.4, -0.2) is 15.6 Å². The van der Waals surface area contributed by atoms with E-state index in [-0.39, 0.29) is 5.78 Å². The second-order valence-corrected chi connectivity index (χ2v) is 5.15. The summed E-state index contributed by atoms with van der Waals surface area (Å²) in [5, 5.41) is 4.58. The lowest BCUT2D eigenvalue weighted by Gasteiger charge is -2.03. The van der Waals surface area contributed by atoms with Crippen molar-refractivity contribution in [1.29, 1.82) is 0 Å². The summed E-state index contributed by atoms with van der Waals surface area (Å²) in [7, 11) is 0. The van der Waals surface area contributed by atoms with Crippen LogP contribution in [-0.2, 0) is 6.54 Å². The van der Waals surface area contributed by atoms with Gasteiger partial charge in [0, 0.05) is 22.8 Å². The van der Waals surface area contributed by atoms with Crippen molar-refractivity contribution in [3.05, 3.63) is 51.2 Å². The summed E-state index contributed by atoms with van der Waals surface area (Å²) >= 11 is 9.42. The monoisotopic (exact) mass is 326 g/mol. The van der Waals surface area contributed by atoms with Gasteiger partial charge in [-0.15, -0.1) is 0 Å². The van der Waals surface area contributed by atoms with Crippen LogP contribution < -0.4 is 0 Å². The van der Waals surface area contributed by atoms with Gasteiger partial charge in [-0.25, -0.2) is 0 Å². The van der Waals surface area contributed by atoms with Crippen molar-refractivity contribution in [2.75, 3.05) is 0 Å². The number of nitrogens with zero attached hydrogens (tertiary/aromatic N) is 2. The minimum atomic E-state index is -0.108. The lowest BCUT2D eigenvalue weighted by molar-refractivity contribution is 0.103. The molecule has 1 aromatic carbocycles. The maximum atomic E-state index is 12.3. The molecule has 1 aromatic heterocycles. The molecule has 0 saturated carbocycles. The predicted molar refractivity (Wildman–Crippen MR) is 75.1 cm³/mol. The van der Waals surface area contributed by atoms with Gasteiger partial charge in [0.25, 0.3) is 0 Å². The summed E-state index contributed by atoms with van der Waals surface area (Å²) in [6.07, 6.45) is 4.31. The second-order valence-electron chi connectivity index (χ2n) is 3.92. The molecule has 0 unspecified atom stereocenters. The maximum Gasteiger partial charge on any atom is 0.197 e. The minimum Gasteiger partial charge on any atom is -0.288 e. The molecule has 0 fully saturated rings. The Kier molecular flexibility index (Phi) is 4.19. The fourth-order valence-electron chi connectivity index (χ4n) is 1.67. The Morgan fingerprint density at radius 2 is 2.28 bits per heavy atom. The number of aryl methyl sites for hydroxylation is 1. The fourth-order valence-corrected chi connectivity index (χ4v) is 2.24. The first kappa shape index (κ1) is 13.3. The van der Waals surface area contributed by atoms with E-state index in [2.05, 4.69) is 28.0 Å². The van der Waals surface area contributed by atoms with Gasteiger partial charge in [0.2, 0.25) is 0 Å². The molecule has 0 radical (unpaired) electrons. The first-order chi connectivity index (χ1) is 8.63. The van der Waals surface area contributed by atoms with E-state index in [0.29, 0.717) is 16.1 Å². The molecule has 94 valence electrons. The zero-order chi connectivity index (χ0) is 13.1. The van der Waals surface area contributed by atoms with Crippen molar-refractivity contribution in [3.8, 4) is 0 Å². The lowest BCUT2D eigenvalue weighted by atomic mass is 10.1. The van der Waals surface area contributed by atoms with E-state index in [1.807, 2.05) is 0 Å². The van der Waals surface area contributed by atoms with Crippen molar-refractivity contribution in [1.82, 2.24) is 9.78 Å². The first-order valence-electron chi connectivity index (χ1n) is 5.64. The van der Waals surface area contributed by atoms with Gasteiger partial charge in [-0.1, -0.05) is 24.6 Å². The van der Waals surface area contributed by atoms with E-state index in [4.69, 9.17) is 11.6 Å². The number of rotatable bonds is 4. The third-order valence-electron chi connectivity index (χ3n) is 2.54. The molecule has 3 nitrogen and oxygen atoms in total. The number of hydrogen-bond acceptors (Lipinski definition) is 2. The maximum absolute atomic E-state index is 12.3. The number of carbonyl (C=O) groups excluding carboxylic acids is 1. The summed E-state index contributed by atoms with van der Waals surface area (Å²) in [6.45, 7) is 2.87. The van der Waals surface area contributed by atoms with Gasteiger partial charge < -0.3 is 0 Å². The topological polar surface area (TPSA) is 34.9 Å². The molecule has 0 bridgehead atoms. The highest BCUT2D eigenvalue weighted by Crippen LogP contribution is 2.27. The number of aromatic nitrogens is 2. The second kappa shape index (κ2) is 5.67. The van der Waals surface area contributed by atoms with Gasteiger partial charge >= 0.3 is 0 Å². The normalized spacial score (nSPS) is 10.6. The largest absolute Gasteiger partial charge is 0.288 e. The number of halogens is 2. The van der Waals surface area contributed by atoms with Gasteiger partial charge in [-0.3, -0.25) is 9.48 Å². The lowest BCUT2D eigenvalue weighted by Crippen LogP contribution is -2.01. The van der Waals surface area contributed by atoms with E-state index in [1.165, 1.54) is 0 Å². The quantitative estimate of drug-likeness (QED) is 0.797. The van der Waals surface area contributed by atoms with Gasteiger partial charge in [0.15, 0.2) is 5.78 Å². The minimum absolute atomic E-state index is 0.108. The fraction of sp³-hybridized carbons (Fsp3) is 0.231. The van der Waals surface area contributed by atoms with E-state index in [0.717, 1.165) is 17.4 Å². The van der Waals surface area contributed by atoms with Crippen molar-refractivity contribution >= 4 is 33.3 Å². The van der Waals surface area contributed by atoms with Crippen LogP contribution in [0.2, 0.25) is 5.02 Å². The molecule has 0 N–H and O–H groups in total. The zero-order valence-electron chi connectivity index (χ0n) is 9.86. The van der Waals surface area contributed by atoms with Crippen LogP contribution in [0.15, 0.2) is 35.1 Å². The average Bonchev–Trinajstić information content (AvgIpc) is 2.81. The molecule has 0 aliphatic carbocycles. The third kappa shape index (κ3) is 2.65. The molecule has 0 saturated heterocycles. The smallest absolute Gasteiger partial charge is 0.197 e. The average molecular weight is 328 g/mol. The van der Waals surface area contributed by atoms with Gasteiger partial charge in [0.05, 0.1) is 16.8 Å². The summed E-state index contributed by atoms with van der Waals surface area (Å²) in [5.74, 6) is -0.108. The molecule has 0 atom stereocenters. The molecule has 0 aliphatic rings. The Balaban J connectivity index is 2.32. The van der Waals surface area contributed by atoms with Gasteiger partial charge in [0.1, 0.15) is 0 Å². The van der Waals surface area contributed by atoms with Crippen molar-refractivity contribution in [2.45, 2.75) is 19.9 Å². The standard InChI is InChI=1S/C13H12BrClN2O/c1-2-6-17-8-9(7-16-17)13(18)10-4-3-5-11(14)12(10)15/h3-5,7-8H,2,6H2,1H3. The third-order valence-corrected chi connectivity index (χ3v) is 3.84.